The summed E-state index contributed by atoms with van der Waals surface area (Å²) in [6.07, 6.45) is 1.07. The molecular formula is C29H33NO5S. The van der Waals surface area contributed by atoms with Gasteiger partial charge in [-0.15, -0.1) is 0 Å². The van der Waals surface area contributed by atoms with E-state index in [4.69, 9.17) is 14.2 Å². The summed E-state index contributed by atoms with van der Waals surface area (Å²) >= 11 is 1.72. The van der Waals surface area contributed by atoms with E-state index in [1.807, 2.05) is 37.3 Å². The largest absolute Gasteiger partial charge is 0.497 e. The van der Waals surface area contributed by atoms with Gasteiger partial charge in [-0.25, -0.2) is 4.79 Å². The molecule has 2 unspecified atom stereocenters. The summed E-state index contributed by atoms with van der Waals surface area (Å²) in [6, 6.07) is 15.6. The zero-order valence-corrected chi connectivity index (χ0v) is 22.1. The monoisotopic (exact) mass is 507 g/mol. The maximum atomic E-state index is 13.8. The number of rotatable bonds is 9. The average Bonchev–Trinajstić information content (AvgIpc) is 2.90. The molecule has 1 N–H and O–H groups in total. The molecule has 0 spiro atoms. The van der Waals surface area contributed by atoms with Crippen molar-refractivity contribution in [1.29, 1.82) is 0 Å². The summed E-state index contributed by atoms with van der Waals surface area (Å²) < 4.78 is 16.8. The lowest BCUT2D eigenvalue weighted by Gasteiger charge is -2.37. The molecule has 2 aromatic carbocycles. The lowest BCUT2D eigenvalue weighted by atomic mass is 9.71. The van der Waals surface area contributed by atoms with Crippen molar-refractivity contribution in [1.82, 2.24) is 5.32 Å². The van der Waals surface area contributed by atoms with Gasteiger partial charge in [-0.3, -0.25) is 4.79 Å². The predicted octanol–water partition coefficient (Wildman–Crippen LogP) is 5.36. The predicted molar refractivity (Wildman–Crippen MR) is 143 cm³/mol. The Bertz CT molecular complexity index is 1190. The molecule has 190 valence electrons. The standard InChI is InChI=1S/C29H33NO5S/c1-5-36-14-13-35-29(32)26-18(2)30-23-15-20(19-9-7-6-8-10-19)16-24(31)28(23)27(26)22-12-11-21(33-3)17-25(22)34-4/h6-12,17,20,27,30H,5,13-16H2,1-4H3. The number of carbonyl (C=O) groups is 2. The number of thioether (sulfide) groups is 1. The Labute approximate surface area is 217 Å². The molecule has 0 amide bonds. The highest BCUT2D eigenvalue weighted by atomic mass is 32.2. The molecule has 0 fully saturated rings. The highest BCUT2D eigenvalue weighted by molar-refractivity contribution is 7.99. The van der Waals surface area contributed by atoms with Gasteiger partial charge in [0.2, 0.25) is 0 Å². The van der Waals surface area contributed by atoms with Crippen LogP contribution in [0.25, 0.3) is 0 Å². The molecule has 1 aliphatic carbocycles. The first-order valence-corrected chi connectivity index (χ1v) is 13.4. The minimum absolute atomic E-state index is 0.0276. The molecule has 0 radical (unpaired) electrons. The van der Waals surface area contributed by atoms with E-state index >= 15 is 0 Å². The van der Waals surface area contributed by atoms with E-state index in [1.54, 1.807) is 32.0 Å². The Kier molecular flexibility index (Phi) is 8.41. The van der Waals surface area contributed by atoms with E-state index in [2.05, 4.69) is 24.4 Å². The Morgan fingerprint density at radius 1 is 1.08 bits per heavy atom. The van der Waals surface area contributed by atoms with E-state index in [1.165, 1.54) is 0 Å². The number of hydrogen-bond donors (Lipinski definition) is 1. The number of carbonyl (C=O) groups excluding carboxylic acids is 2. The van der Waals surface area contributed by atoms with Crippen LogP contribution in [-0.4, -0.2) is 44.1 Å². The fraction of sp³-hybridized carbons (Fsp3) is 0.379. The van der Waals surface area contributed by atoms with Gasteiger partial charge in [0.1, 0.15) is 18.1 Å². The second-order valence-corrected chi connectivity index (χ2v) is 10.3. The van der Waals surface area contributed by atoms with Crippen LogP contribution in [0.1, 0.15) is 49.7 Å². The number of ether oxygens (including phenoxy) is 3. The average molecular weight is 508 g/mol. The molecule has 0 aromatic heterocycles. The summed E-state index contributed by atoms with van der Waals surface area (Å²) in [5, 5.41) is 3.41. The highest BCUT2D eigenvalue weighted by Gasteiger charge is 2.42. The van der Waals surface area contributed by atoms with Gasteiger partial charge in [0, 0.05) is 40.8 Å². The van der Waals surface area contributed by atoms with E-state index in [0.717, 1.165) is 28.3 Å². The zero-order valence-electron chi connectivity index (χ0n) is 21.3. The van der Waals surface area contributed by atoms with Crippen LogP contribution in [0.4, 0.5) is 0 Å². The lowest BCUT2D eigenvalue weighted by molar-refractivity contribution is -0.138. The topological polar surface area (TPSA) is 73.9 Å². The van der Waals surface area contributed by atoms with Crippen LogP contribution in [0.3, 0.4) is 0 Å². The third-order valence-electron chi connectivity index (χ3n) is 6.74. The third kappa shape index (κ3) is 5.31. The fourth-order valence-corrected chi connectivity index (χ4v) is 5.54. The van der Waals surface area contributed by atoms with E-state index in [-0.39, 0.29) is 11.7 Å². The summed E-state index contributed by atoms with van der Waals surface area (Å²) in [6.45, 7) is 4.26. The van der Waals surface area contributed by atoms with Crippen LogP contribution in [0.2, 0.25) is 0 Å². The Morgan fingerprint density at radius 3 is 2.56 bits per heavy atom. The highest BCUT2D eigenvalue weighted by Crippen LogP contribution is 2.48. The van der Waals surface area contributed by atoms with Crippen LogP contribution in [0.15, 0.2) is 71.1 Å². The lowest BCUT2D eigenvalue weighted by Crippen LogP contribution is -2.36. The summed E-state index contributed by atoms with van der Waals surface area (Å²) in [7, 11) is 3.18. The van der Waals surface area contributed by atoms with Gasteiger partial charge in [-0.05, 0) is 36.6 Å². The number of ketones is 1. The minimum atomic E-state index is -0.586. The maximum absolute atomic E-state index is 13.8. The number of allylic oxidation sites excluding steroid dienone is 3. The van der Waals surface area contributed by atoms with Gasteiger partial charge in [-0.2, -0.15) is 11.8 Å². The fourth-order valence-electron chi connectivity index (χ4n) is 5.05. The summed E-state index contributed by atoms with van der Waals surface area (Å²) in [4.78, 5) is 27.2. The number of Topliss-reactive ketones (excluding diaryl/α,β-unsaturated/α-hetero) is 1. The van der Waals surface area contributed by atoms with Crippen molar-refractivity contribution in [3.05, 3.63) is 82.2 Å². The van der Waals surface area contributed by atoms with Crippen molar-refractivity contribution in [2.75, 3.05) is 32.3 Å². The van der Waals surface area contributed by atoms with Gasteiger partial charge < -0.3 is 19.5 Å². The first-order chi connectivity index (χ1) is 17.5. The van der Waals surface area contributed by atoms with Crippen LogP contribution < -0.4 is 14.8 Å². The molecule has 6 nitrogen and oxygen atoms in total. The number of benzene rings is 2. The van der Waals surface area contributed by atoms with Crippen molar-refractivity contribution in [2.45, 2.75) is 38.5 Å². The number of methoxy groups -OCH3 is 2. The van der Waals surface area contributed by atoms with Crippen molar-refractivity contribution >= 4 is 23.5 Å². The van der Waals surface area contributed by atoms with Gasteiger partial charge in [-0.1, -0.05) is 43.3 Å². The van der Waals surface area contributed by atoms with Gasteiger partial charge >= 0.3 is 5.97 Å². The molecule has 0 saturated carbocycles. The number of nitrogens with one attached hydrogen (secondary N) is 1. The zero-order chi connectivity index (χ0) is 25.7. The molecule has 1 heterocycles. The molecule has 36 heavy (non-hydrogen) atoms. The quantitative estimate of drug-likeness (QED) is 0.362. The minimum Gasteiger partial charge on any atom is -0.497 e. The molecule has 0 saturated heterocycles. The van der Waals surface area contributed by atoms with Crippen molar-refractivity contribution in [3.8, 4) is 11.5 Å². The van der Waals surface area contributed by atoms with Crippen molar-refractivity contribution in [2.24, 2.45) is 0 Å². The van der Waals surface area contributed by atoms with Gasteiger partial charge in [0.05, 0.1) is 25.7 Å². The number of esters is 1. The van der Waals surface area contributed by atoms with Crippen LogP contribution in [0.5, 0.6) is 11.5 Å². The Balaban J connectivity index is 1.78. The molecule has 2 atom stereocenters. The number of dihydropyridines is 1. The molecule has 2 aromatic rings. The Hall–Kier alpha value is -3.19. The van der Waals surface area contributed by atoms with Crippen molar-refractivity contribution < 1.29 is 23.8 Å². The van der Waals surface area contributed by atoms with Gasteiger partial charge in [0.25, 0.3) is 0 Å². The SMILES string of the molecule is CCSCCOC(=O)C1=C(C)NC2=C(C(=O)CC(c3ccccc3)C2)C1c1ccc(OC)cc1OC. The Morgan fingerprint density at radius 2 is 1.86 bits per heavy atom. The first-order valence-electron chi connectivity index (χ1n) is 12.2. The molecule has 2 aliphatic rings. The molecular weight excluding hydrogens is 474 g/mol. The van der Waals surface area contributed by atoms with Gasteiger partial charge in [0.15, 0.2) is 5.78 Å². The first kappa shape index (κ1) is 25.9. The maximum Gasteiger partial charge on any atom is 0.336 e. The second kappa shape index (κ2) is 11.7. The second-order valence-electron chi connectivity index (χ2n) is 8.87. The van der Waals surface area contributed by atoms with E-state index in [9.17, 15) is 9.59 Å². The number of hydrogen-bond acceptors (Lipinski definition) is 7. The van der Waals surface area contributed by atoms with Crippen LogP contribution in [-0.2, 0) is 14.3 Å². The van der Waals surface area contributed by atoms with E-state index in [0.29, 0.717) is 47.8 Å². The molecule has 1 aliphatic heterocycles. The van der Waals surface area contributed by atoms with Crippen molar-refractivity contribution in [3.63, 3.8) is 0 Å². The van der Waals surface area contributed by atoms with Crippen LogP contribution >= 0.6 is 11.8 Å². The molecule has 4 rings (SSSR count). The summed E-state index contributed by atoms with van der Waals surface area (Å²) in [5.41, 5.74) is 4.51. The third-order valence-corrected chi connectivity index (χ3v) is 7.60. The smallest absolute Gasteiger partial charge is 0.336 e. The van der Waals surface area contributed by atoms with E-state index < -0.39 is 11.9 Å². The summed E-state index contributed by atoms with van der Waals surface area (Å²) in [5.74, 6) is 1.99. The molecule has 0 bridgehead atoms. The van der Waals surface area contributed by atoms with Crippen LogP contribution in [0, 0.1) is 0 Å². The molecule has 7 heteroatoms. The normalized spacial score (nSPS) is 19.5.